The summed E-state index contributed by atoms with van der Waals surface area (Å²) in [5.74, 6) is -0.134. The second-order valence-corrected chi connectivity index (χ2v) is 5.74. The minimum Gasteiger partial charge on any atom is -0.379 e. The molecule has 130 valence electrons. The van der Waals surface area contributed by atoms with Gasteiger partial charge in [-0.15, -0.1) is 12.4 Å². The van der Waals surface area contributed by atoms with Crippen molar-refractivity contribution >= 4 is 29.7 Å². The largest absolute Gasteiger partial charge is 0.379 e. The molecular weight excluding hydrogens is 322 g/mol. The normalized spacial score (nSPS) is 12.6. The summed E-state index contributed by atoms with van der Waals surface area (Å²) in [4.78, 5) is 11.9. The number of hydrogen-bond acceptors (Lipinski definition) is 3. The van der Waals surface area contributed by atoms with E-state index >= 15 is 0 Å². The lowest BCUT2D eigenvalue weighted by atomic mass is 10.1. The van der Waals surface area contributed by atoms with Gasteiger partial charge in [0.15, 0.2) is 0 Å². The van der Waals surface area contributed by atoms with Gasteiger partial charge in [-0.1, -0.05) is 43.7 Å². The second-order valence-electron chi connectivity index (χ2n) is 5.74. The highest BCUT2D eigenvalue weighted by Gasteiger charge is 2.12. The molecule has 2 aromatic rings. The topological polar surface area (TPSA) is 67.2 Å². The molecule has 0 aromatic heterocycles. The molecule has 0 aliphatic rings. The summed E-state index contributed by atoms with van der Waals surface area (Å²) in [5, 5.41) is 6.29. The van der Waals surface area contributed by atoms with Gasteiger partial charge in [0.05, 0.1) is 6.04 Å². The molecule has 1 amide bonds. The Hall–Kier alpha value is -2.04. The van der Waals surface area contributed by atoms with Crippen LogP contribution in [0.1, 0.15) is 38.3 Å². The number of anilines is 2. The number of hydrogen-bond donors (Lipinski definition) is 3. The highest BCUT2D eigenvalue weighted by molar-refractivity contribution is 5.94. The quantitative estimate of drug-likeness (QED) is 0.697. The van der Waals surface area contributed by atoms with Crippen molar-refractivity contribution in [2.24, 2.45) is 5.73 Å². The van der Waals surface area contributed by atoms with Gasteiger partial charge in [-0.3, -0.25) is 4.79 Å². The molecule has 0 saturated carbocycles. The van der Waals surface area contributed by atoms with Crippen LogP contribution < -0.4 is 16.4 Å². The number of benzene rings is 2. The maximum atomic E-state index is 11.9. The first kappa shape index (κ1) is 20.0. The molecule has 4 nitrogen and oxygen atoms in total. The Balaban J connectivity index is 0.00000288. The van der Waals surface area contributed by atoms with Gasteiger partial charge in [0.2, 0.25) is 5.91 Å². The molecule has 2 rings (SSSR count). The Morgan fingerprint density at radius 3 is 2.21 bits per heavy atom. The lowest BCUT2D eigenvalue weighted by Crippen LogP contribution is -2.35. The molecule has 4 N–H and O–H groups in total. The van der Waals surface area contributed by atoms with E-state index in [1.165, 1.54) is 5.56 Å². The van der Waals surface area contributed by atoms with E-state index in [9.17, 15) is 4.79 Å². The summed E-state index contributed by atoms with van der Waals surface area (Å²) in [5.41, 5.74) is 8.82. The van der Waals surface area contributed by atoms with Crippen LogP contribution in [0.15, 0.2) is 54.6 Å². The van der Waals surface area contributed by atoms with Gasteiger partial charge >= 0.3 is 0 Å². The van der Waals surface area contributed by atoms with Gasteiger partial charge in [-0.25, -0.2) is 0 Å². The van der Waals surface area contributed by atoms with Crippen LogP contribution >= 0.6 is 12.4 Å². The first-order valence-corrected chi connectivity index (χ1v) is 8.08. The van der Waals surface area contributed by atoms with E-state index < -0.39 is 6.04 Å². The molecule has 0 aliphatic carbocycles. The predicted octanol–water partition coefficient (Wildman–Crippen LogP) is 4.35. The Bertz CT molecular complexity index is 616. The Kier molecular flexibility index (Phi) is 8.30. The van der Waals surface area contributed by atoms with Crippen LogP contribution in [0.25, 0.3) is 0 Å². The van der Waals surface area contributed by atoms with Crippen LogP contribution in [-0.2, 0) is 4.79 Å². The summed E-state index contributed by atoms with van der Waals surface area (Å²) in [6.07, 6.45) is 1.59. The van der Waals surface area contributed by atoms with Crippen LogP contribution in [0.3, 0.4) is 0 Å². The molecule has 0 saturated heterocycles. The summed E-state index contributed by atoms with van der Waals surface area (Å²) in [7, 11) is 0. The zero-order chi connectivity index (χ0) is 16.7. The molecule has 2 unspecified atom stereocenters. The van der Waals surface area contributed by atoms with Gasteiger partial charge < -0.3 is 16.4 Å². The predicted molar refractivity (Wildman–Crippen MR) is 104 cm³/mol. The fourth-order valence-electron chi connectivity index (χ4n) is 2.40. The third-order valence-electron chi connectivity index (χ3n) is 3.77. The third-order valence-corrected chi connectivity index (χ3v) is 3.77. The number of carbonyl (C=O) groups is 1. The van der Waals surface area contributed by atoms with E-state index in [4.69, 9.17) is 5.73 Å². The zero-order valence-corrected chi connectivity index (χ0v) is 15.0. The molecular formula is C19H26ClN3O. The average molecular weight is 348 g/mol. The van der Waals surface area contributed by atoms with E-state index in [0.29, 0.717) is 6.42 Å². The monoisotopic (exact) mass is 347 g/mol. The highest BCUT2D eigenvalue weighted by Crippen LogP contribution is 2.20. The summed E-state index contributed by atoms with van der Waals surface area (Å²) < 4.78 is 0. The van der Waals surface area contributed by atoms with Crippen LogP contribution in [0.2, 0.25) is 0 Å². The van der Waals surface area contributed by atoms with Crippen molar-refractivity contribution in [1.29, 1.82) is 0 Å². The maximum Gasteiger partial charge on any atom is 0.241 e. The summed E-state index contributed by atoms with van der Waals surface area (Å²) in [6, 6.07) is 17.7. The number of rotatable bonds is 7. The zero-order valence-electron chi connectivity index (χ0n) is 14.2. The summed E-state index contributed by atoms with van der Waals surface area (Å²) >= 11 is 0. The number of amides is 1. The van der Waals surface area contributed by atoms with Crippen molar-refractivity contribution in [3.8, 4) is 0 Å². The van der Waals surface area contributed by atoms with Crippen molar-refractivity contribution in [2.75, 3.05) is 10.6 Å². The van der Waals surface area contributed by atoms with E-state index in [1.54, 1.807) is 0 Å². The molecule has 0 bridgehead atoms. The SMILES string of the molecule is CCCC(N)C(=O)Nc1ccc(NC(C)c2ccccc2)cc1.Cl. The molecule has 0 aliphatic heterocycles. The molecule has 0 fully saturated rings. The summed E-state index contributed by atoms with van der Waals surface area (Å²) in [6.45, 7) is 4.14. The van der Waals surface area contributed by atoms with E-state index in [2.05, 4.69) is 29.7 Å². The van der Waals surface area contributed by atoms with Crippen LogP contribution in [-0.4, -0.2) is 11.9 Å². The van der Waals surface area contributed by atoms with Gasteiger partial charge in [0.25, 0.3) is 0 Å². The van der Waals surface area contributed by atoms with Crippen LogP contribution in [0.5, 0.6) is 0 Å². The Morgan fingerprint density at radius 1 is 1.04 bits per heavy atom. The number of carbonyl (C=O) groups excluding carboxylic acids is 1. The van der Waals surface area contributed by atoms with E-state index in [-0.39, 0.29) is 24.4 Å². The standard InChI is InChI=1S/C19H25N3O.ClH/c1-3-7-18(20)19(23)22-17-12-10-16(11-13-17)21-14(2)15-8-5-4-6-9-15;/h4-6,8-14,18,21H,3,7,20H2,1-2H3,(H,22,23);1H. The highest BCUT2D eigenvalue weighted by atomic mass is 35.5. The minimum absolute atomic E-state index is 0. The van der Waals surface area contributed by atoms with E-state index in [1.807, 2.05) is 49.4 Å². The van der Waals surface area contributed by atoms with Gasteiger partial charge in [0, 0.05) is 17.4 Å². The van der Waals surface area contributed by atoms with Crippen molar-refractivity contribution in [1.82, 2.24) is 0 Å². The Morgan fingerprint density at radius 2 is 1.62 bits per heavy atom. The van der Waals surface area contributed by atoms with Gasteiger partial charge in [0.1, 0.15) is 0 Å². The smallest absolute Gasteiger partial charge is 0.241 e. The minimum atomic E-state index is -0.448. The van der Waals surface area contributed by atoms with Crippen molar-refractivity contribution < 1.29 is 4.79 Å². The molecule has 0 heterocycles. The lowest BCUT2D eigenvalue weighted by molar-refractivity contribution is -0.117. The number of nitrogens with one attached hydrogen (secondary N) is 2. The molecule has 0 radical (unpaired) electrons. The second kappa shape index (κ2) is 9.96. The lowest BCUT2D eigenvalue weighted by Gasteiger charge is -2.16. The molecule has 5 heteroatoms. The first-order chi connectivity index (χ1) is 11.1. The fourth-order valence-corrected chi connectivity index (χ4v) is 2.40. The first-order valence-electron chi connectivity index (χ1n) is 8.08. The van der Waals surface area contributed by atoms with Crippen molar-refractivity contribution in [3.63, 3.8) is 0 Å². The molecule has 2 atom stereocenters. The van der Waals surface area contributed by atoms with E-state index in [0.717, 1.165) is 17.8 Å². The number of halogens is 1. The Labute approximate surface area is 150 Å². The molecule has 0 spiro atoms. The average Bonchev–Trinajstić information content (AvgIpc) is 2.57. The van der Waals surface area contributed by atoms with Gasteiger partial charge in [-0.2, -0.15) is 0 Å². The van der Waals surface area contributed by atoms with Crippen LogP contribution in [0.4, 0.5) is 11.4 Å². The van der Waals surface area contributed by atoms with Crippen LogP contribution in [0, 0.1) is 0 Å². The third kappa shape index (κ3) is 5.87. The maximum absolute atomic E-state index is 11.9. The molecule has 2 aromatic carbocycles. The van der Waals surface area contributed by atoms with Crippen molar-refractivity contribution in [2.45, 2.75) is 38.8 Å². The fraction of sp³-hybridized carbons (Fsp3) is 0.316. The number of nitrogens with two attached hydrogens (primary N) is 1. The molecule has 24 heavy (non-hydrogen) atoms. The van der Waals surface area contributed by atoms with Gasteiger partial charge in [-0.05, 0) is 43.2 Å². The van der Waals surface area contributed by atoms with Crippen molar-refractivity contribution in [3.05, 3.63) is 60.2 Å².